The molecule has 1 N–H and O–H groups in total. The summed E-state index contributed by atoms with van der Waals surface area (Å²) in [6, 6.07) is 6.37. The van der Waals surface area contributed by atoms with Crippen molar-refractivity contribution in [2.24, 2.45) is 0 Å². The van der Waals surface area contributed by atoms with Crippen molar-refractivity contribution in [2.75, 3.05) is 7.11 Å². The van der Waals surface area contributed by atoms with Gasteiger partial charge in [-0.3, -0.25) is 4.79 Å². The highest BCUT2D eigenvalue weighted by Crippen LogP contribution is 2.22. The van der Waals surface area contributed by atoms with Crippen LogP contribution >= 0.6 is 0 Å². The zero-order chi connectivity index (χ0) is 15.4. The largest absolute Gasteiger partial charge is 0.511 e. The van der Waals surface area contributed by atoms with Crippen LogP contribution in [0.1, 0.15) is 5.56 Å². The zero-order valence-electron chi connectivity index (χ0n) is 10.3. The van der Waals surface area contributed by atoms with Gasteiger partial charge in [-0.05, 0) is 12.0 Å². The van der Waals surface area contributed by atoms with Gasteiger partial charge in [-0.25, -0.2) is 8.42 Å². The van der Waals surface area contributed by atoms with Crippen LogP contribution in [0.2, 0.25) is 0 Å². The summed E-state index contributed by atoms with van der Waals surface area (Å²) in [5, 5.41) is 0. The Bertz CT molecular complexity index is 557. The number of ether oxygens (including phenoxy) is 1. The molecule has 1 aromatic rings. The molecule has 9 heteroatoms. The minimum absolute atomic E-state index is 0.247. The Morgan fingerprint density at radius 3 is 2.30 bits per heavy atom. The molecule has 0 aliphatic carbocycles. The SMILES string of the molecule is COC(=O)[C@@H](Cc1ccccc1)NS(=O)(=O)C(F)(F)F. The second-order valence-corrected chi connectivity index (χ2v) is 5.54. The van der Waals surface area contributed by atoms with Crippen LogP contribution in [0.4, 0.5) is 13.2 Å². The molecule has 1 aromatic carbocycles. The van der Waals surface area contributed by atoms with Crippen molar-refractivity contribution >= 4 is 16.0 Å². The predicted molar refractivity (Wildman–Crippen MR) is 64.1 cm³/mol. The maximum absolute atomic E-state index is 12.3. The first kappa shape index (κ1) is 16.4. The van der Waals surface area contributed by atoms with E-state index >= 15 is 0 Å². The molecule has 0 aliphatic rings. The lowest BCUT2D eigenvalue weighted by atomic mass is 10.1. The third kappa shape index (κ3) is 4.20. The molecular weight excluding hydrogens is 299 g/mol. The summed E-state index contributed by atoms with van der Waals surface area (Å²) in [5.41, 5.74) is -5.00. The van der Waals surface area contributed by atoms with Crippen LogP contribution in [-0.4, -0.2) is 33.0 Å². The third-order valence-electron chi connectivity index (χ3n) is 2.37. The monoisotopic (exact) mass is 311 g/mol. The van der Waals surface area contributed by atoms with Gasteiger partial charge in [0, 0.05) is 0 Å². The second-order valence-electron chi connectivity index (χ2n) is 3.83. The van der Waals surface area contributed by atoms with Gasteiger partial charge in [0.1, 0.15) is 6.04 Å². The number of sulfonamides is 1. The topological polar surface area (TPSA) is 72.5 Å². The smallest absolute Gasteiger partial charge is 0.468 e. The standard InChI is InChI=1S/C11H12F3NO4S/c1-19-10(16)9(7-8-5-3-2-4-6-8)15-20(17,18)11(12,13)14/h2-6,9,15H,7H2,1H3/t9-/m1/s1. The van der Waals surface area contributed by atoms with Crippen LogP contribution in [-0.2, 0) is 26.0 Å². The first-order chi connectivity index (χ1) is 9.17. The molecule has 112 valence electrons. The van der Waals surface area contributed by atoms with Gasteiger partial charge in [-0.2, -0.15) is 17.9 Å². The average molecular weight is 311 g/mol. The molecule has 0 fully saturated rings. The fourth-order valence-electron chi connectivity index (χ4n) is 1.42. The van der Waals surface area contributed by atoms with Crippen molar-refractivity contribution in [1.29, 1.82) is 0 Å². The van der Waals surface area contributed by atoms with E-state index in [9.17, 15) is 26.4 Å². The van der Waals surface area contributed by atoms with Gasteiger partial charge in [0.25, 0.3) is 0 Å². The van der Waals surface area contributed by atoms with Crippen molar-refractivity contribution < 1.29 is 31.1 Å². The summed E-state index contributed by atoms with van der Waals surface area (Å²) in [6.45, 7) is 0. The summed E-state index contributed by atoms with van der Waals surface area (Å²) in [6.07, 6.45) is -0.247. The highest BCUT2D eigenvalue weighted by atomic mass is 32.2. The fourth-order valence-corrected chi connectivity index (χ4v) is 2.11. The number of methoxy groups -OCH3 is 1. The lowest BCUT2D eigenvalue weighted by molar-refractivity contribution is -0.142. The van der Waals surface area contributed by atoms with Crippen LogP contribution in [0.25, 0.3) is 0 Å². The van der Waals surface area contributed by atoms with E-state index < -0.39 is 27.5 Å². The van der Waals surface area contributed by atoms with Crippen molar-refractivity contribution in [3.8, 4) is 0 Å². The third-order valence-corrected chi connectivity index (χ3v) is 3.57. The first-order valence-corrected chi connectivity index (χ1v) is 6.86. The minimum atomic E-state index is -5.62. The Kier molecular flexibility index (Phi) is 5.12. The summed E-state index contributed by atoms with van der Waals surface area (Å²) >= 11 is 0. The van der Waals surface area contributed by atoms with Crippen LogP contribution < -0.4 is 4.72 Å². The zero-order valence-corrected chi connectivity index (χ0v) is 11.2. The highest BCUT2D eigenvalue weighted by Gasteiger charge is 2.47. The van der Waals surface area contributed by atoms with E-state index in [0.29, 0.717) is 5.56 Å². The van der Waals surface area contributed by atoms with Crippen LogP contribution in [0.15, 0.2) is 30.3 Å². The number of rotatable bonds is 5. The number of carbonyl (C=O) groups excluding carboxylic acids is 1. The second kappa shape index (κ2) is 6.23. The lowest BCUT2D eigenvalue weighted by Crippen LogP contribution is -2.47. The number of alkyl halides is 3. The maximum Gasteiger partial charge on any atom is 0.511 e. The summed E-state index contributed by atoms with van der Waals surface area (Å²) < 4.78 is 64.6. The van der Waals surface area contributed by atoms with E-state index in [-0.39, 0.29) is 6.42 Å². The minimum Gasteiger partial charge on any atom is -0.468 e. The lowest BCUT2D eigenvalue weighted by Gasteiger charge is -2.17. The van der Waals surface area contributed by atoms with Gasteiger partial charge < -0.3 is 4.74 Å². The van der Waals surface area contributed by atoms with Crippen molar-refractivity contribution in [3.05, 3.63) is 35.9 Å². The Morgan fingerprint density at radius 1 is 1.30 bits per heavy atom. The number of hydrogen-bond acceptors (Lipinski definition) is 4. The summed E-state index contributed by atoms with van der Waals surface area (Å²) in [5.74, 6) is -1.10. The molecule has 1 atom stereocenters. The number of halogens is 3. The van der Waals surface area contributed by atoms with Crippen molar-refractivity contribution in [1.82, 2.24) is 4.72 Å². The van der Waals surface area contributed by atoms with Crippen LogP contribution in [0.3, 0.4) is 0 Å². The van der Waals surface area contributed by atoms with E-state index in [1.807, 2.05) is 0 Å². The quantitative estimate of drug-likeness (QED) is 0.830. The number of benzene rings is 1. The van der Waals surface area contributed by atoms with Gasteiger partial charge in [-0.15, -0.1) is 0 Å². The van der Waals surface area contributed by atoms with E-state index in [1.54, 1.807) is 30.3 Å². The normalized spacial score (nSPS) is 13.8. The van der Waals surface area contributed by atoms with Gasteiger partial charge >= 0.3 is 21.5 Å². The molecule has 1 rings (SSSR count). The Morgan fingerprint density at radius 2 is 1.85 bits per heavy atom. The molecule has 0 amide bonds. The Labute approximate surface area is 113 Å². The van der Waals surface area contributed by atoms with Crippen molar-refractivity contribution in [2.45, 2.75) is 18.0 Å². The van der Waals surface area contributed by atoms with E-state index in [0.717, 1.165) is 7.11 Å². The molecule has 20 heavy (non-hydrogen) atoms. The average Bonchev–Trinajstić information content (AvgIpc) is 2.36. The Hall–Kier alpha value is -1.61. The van der Waals surface area contributed by atoms with E-state index in [2.05, 4.69) is 4.74 Å². The number of esters is 1. The molecule has 0 aromatic heterocycles. The predicted octanol–water partition coefficient (Wildman–Crippen LogP) is 1.21. The molecule has 0 bridgehead atoms. The van der Waals surface area contributed by atoms with Gasteiger partial charge in [0.05, 0.1) is 7.11 Å². The van der Waals surface area contributed by atoms with E-state index in [4.69, 9.17) is 0 Å². The molecule has 5 nitrogen and oxygen atoms in total. The molecule has 0 aliphatic heterocycles. The molecule has 0 saturated carbocycles. The van der Waals surface area contributed by atoms with Crippen LogP contribution in [0, 0.1) is 0 Å². The summed E-state index contributed by atoms with van der Waals surface area (Å²) in [4.78, 5) is 11.4. The highest BCUT2D eigenvalue weighted by molar-refractivity contribution is 7.90. The Balaban J connectivity index is 2.95. The molecule has 0 saturated heterocycles. The number of carbonyl (C=O) groups is 1. The van der Waals surface area contributed by atoms with Gasteiger partial charge in [0.15, 0.2) is 0 Å². The molecule has 0 spiro atoms. The molecular formula is C11H12F3NO4S. The fraction of sp³-hybridized carbons (Fsp3) is 0.364. The summed E-state index contributed by atoms with van der Waals surface area (Å²) in [7, 11) is -4.66. The van der Waals surface area contributed by atoms with Gasteiger partial charge in [0.2, 0.25) is 0 Å². The van der Waals surface area contributed by atoms with Gasteiger partial charge in [-0.1, -0.05) is 30.3 Å². The maximum atomic E-state index is 12.3. The number of nitrogens with one attached hydrogen (secondary N) is 1. The van der Waals surface area contributed by atoms with E-state index in [1.165, 1.54) is 4.72 Å². The number of hydrogen-bond donors (Lipinski definition) is 1. The molecule has 0 unspecified atom stereocenters. The molecule has 0 radical (unpaired) electrons. The van der Waals surface area contributed by atoms with Crippen molar-refractivity contribution in [3.63, 3.8) is 0 Å². The molecule has 0 heterocycles. The van der Waals surface area contributed by atoms with Crippen LogP contribution in [0.5, 0.6) is 0 Å². The first-order valence-electron chi connectivity index (χ1n) is 5.37.